The van der Waals surface area contributed by atoms with Crippen molar-refractivity contribution in [2.24, 2.45) is 0 Å². The van der Waals surface area contributed by atoms with E-state index < -0.39 is 0 Å². The van der Waals surface area contributed by atoms with E-state index in [1.54, 1.807) is 0 Å². The van der Waals surface area contributed by atoms with Crippen molar-refractivity contribution in [3.8, 4) is 6.07 Å². The highest BCUT2D eigenvalue weighted by Crippen LogP contribution is 2.24. The van der Waals surface area contributed by atoms with Gasteiger partial charge in [-0.15, -0.1) is 0 Å². The number of hydrogen-bond acceptors (Lipinski definition) is 4. The third-order valence-electron chi connectivity index (χ3n) is 3.88. The third-order valence-corrected chi connectivity index (χ3v) is 3.88. The van der Waals surface area contributed by atoms with Crippen molar-refractivity contribution in [3.63, 3.8) is 0 Å². The molecule has 1 saturated carbocycles. The van der Waals surface area contributed by atoms with Crippen LogP contribution in [0.3, 0.4) is 0 Å². The Hall–Kier alpha value is -0.630. The highest BCUT2D eigenvalue weighted by Gasteiger charge is 2.32. The number of rotatable bonds is 7. The number of hydrogen-bond donors (Lipinski definition) is 1. The summed E-state index contributed by atoms with van der Waals surface area (Å²) in [5, 5.41) is 12.8. The molecule has 1 aliphatic carbocycles. The van der Waals surface area contributed by atoms with E-state index in [4.69, 9.17) is 4.74 Å². The van der Waals surface area contributed by atoms with Gasteiger partial charge in [0, 0.05) is 25.7 Å². The van der Waals surface area contributed by atoms with E-state index in [2.05, 4.69) is 23.3 Å². The van der Waals surface area contributed by atoms with Gasteiger partial charge in [0.15, 0.2) is 0 Å². The molecule has 0 amide bonds. The predicted molar refractivity (Wildman–Crippen MR) is 71.3 cm³/mol. The molecule has 1 heterocycles. The average Bonchev–Trinajstić information content (AvgIpc) is 3.01. The summed E-state index contributed by atoms with van der Waals surface area (Å²) < 4.78 is 5.63. The first-order valence-corrected chi connectivity index (χ1v) is 7.10. The summed E-state index contributed by atoms with van der Waals surface area (Å²) in [6.07, 6.45) is 6.10. The fourth-order valence-electron chi connectivity index (χ4n) is 2.48. The van der Waals surface area contributed by atoms with E-state index in [1.165, 1.54) is 25.7 Å². The molecule has 2 atom stereocenters. The summed E-state index contributed by atoms with van der Waals surface area (Å²) in [5.41, 5.74) is -0.369. The Bertz CT molecular complexity index is 305. The van der Waals surface area contributed by atoms with Gasteiger partial charge in [0.25, 0.3) is 0 Å². The first-order chi connectivity index (χ1) is 8.61. The monoisotopic (exact) mass is 251 g/mol. The maximum Gasteiger partial charge on any atom is 0.105 e. The molecular weight excluding hydrogens is 226 g/mol. The van der Waals surface area contributed by atoms with Gasteiger partial charge in [0.2, 0.25) is 0 Å². The zero-order valence-corrected chi connectivity index (χ0v) is 11.6. The van der Waals surface area contributed by atoms with Gasteiger partial charge in [-0.2, -0.15) is 5.26 Å². The van der Waals surface area contributed by atoms with Crippen LogP contribution in [0.1, 0.15) is 39.0 Å². The predicted octanol–water partition coefficient (Wildman–Crippen LogP) is 1.52. The zero-order valence-electron chi connectivity index (χ0n) is 11.6. The Kier molecular flexibility index (Phi) is 4.60. The molecule has 1 saturated heterocycles. The van der Waals surface area contributed by atoms with E-state index in [0.29, 0.717) is 12.1 Å². The van der Waals surface area contributed by atoms with Crippen molar-refractivity contribution in [3.05, 3.63) is 0 Å². The van der Waals surface area contributed by atoms with Crippen molar-refractivity contribution >= 4 is 0 Å². The van der Waals surface area contributed by atoms with Gasteiger partial charge in [-0.05, 0) is 46.1 Å². The van der Waals surface area contributed by atoms with Crippen molar-refractivity contribution < 1.29 is 4.74 Å². The normalized spacial score (nSPS) is 27.1. The van der Waals surface area contributed by atoms with Crippen molar-refractivity contribution in [1.82, 2.24) is 10.2 Å². The van der Waals surface area contributed by atoms with E-state index in [-0.39, 0.29) is 5.54 Å². The summed E-state index contributed by atoms with van der Waals surface area (Å²) in [7, 11) is 2.12. The molecule has 0 bridgehead atoms. The molecule has 2 aliphatic rings. The first kappa shape index (κ1) is 13.8. The molecule has 0 radical (unpaired) electrons. The Balaban J connectivity index is 1.69. The van der Waals surface area contributed by atoms with Gasteiger partial charge in [0.05, 0.1) is 12.2 Å². The van der Waals surface area contributed by atoms with Crippen LogP contribution in [-0.4, -0.2) is 49.3 Å². The fraction of sp³-hybridized carbons (Fsp3) is 0.929. The highest BCUT2D eigenvalue weighted by atomic mass is 16.5. The standard InChI is InChI=1S/C14H25N3O/c1-14(11-15,16-12-5-6-12)7-8-17(2)10-13-4-3-9-18-13/h12-13,16H,3-10H2,1-2H3. The van der Waals surface area contributed by atoms with E-state index >= 15 is 0 Å². The van der Waals surface area contributed by atoms with Crippen molar-refractivity contribution in [1.29, 1.82) is 5.26 Å². The van der Waals surface area contributed by atoms with E-state index in [9.17, 15) is 5.26 Å². The lowest BCUT2D eigenvalue weighted by Crippen LogP contribution is -2.45. The summed E-state index contributed by atoms with van der Waals surface area (Å²) >= 11 is 0. The van der Waals surface area contributed by atoms with Gasteiger partial charge >= 0.3 is 0 Å². The van der Waals surface area contributed by atoms with Crippen molar-refractivity contribution in [2.75, 3.05) is 26.7 Å². The fourth-order valence-corrected chi connectivity index (χ4v) is 2.48. The minimum Gasteiger partial charge on any atom is -0.377 e. The molecule has 18 heavy (non-hydrogen) atoms. The molecule has 102 valence electrons. The molecule has 4 nitrogen and oxygen atoms in total. The second-order valence-corrected chi connectivity index (χ2v) is 6.01. The van der Waals surface area contributed by atoms with E-state index in [1.807, 2.05) is 6.92 Å². The average molecular weight is 251 g/mol. The highest BCUT2D eigenvalue weighted by molar-refractivity contribution is 5.07. The summed E-state index contributed by atoms with van der Waals surface area (Å²) in [6.45, 7) is 4.87. The Labute approximate surface area is 110 Å². The Morgan fingerprint density at radius 3 is 2.78 bits per heavy atom. The minimum atomic E-state index is -0.369. The Morgan fingerprint density at radius 1 is 1.44 bits per heavy atom. The molecule has 2 unspecified atom stereocenters. The van der Waals surface area contributed by atoms with Gasteiger partial charge in [-0.3, -0.25) is 5.32 Å². The van der Waals surface area contributed by atoms with E-state index in [0.717, 1.165) is 26.1 Å². The number of nitriles is 1. The van der Waals surface area contributed by atoms with Crippen molar-refractivity contribution in [2.45, 2.75) is 56.7 Å². The number of nitrogens with one attached hydrogen (secondary N) is 1. The summed E-state index contributed by atoms with van der Waals surface area (Å²) in [5.74, 6) is 0. The van der Waals surface area contributed by atoms with Gasteiger partial charge in [-0.25, -0.2) is 0 Å². The Morgan fingerprint density at radius 2 is 2.22 bits per heavy atom. The van der Waals surface area contributed by atoms with Crippen LogP contribution in [0, 0.1) is 11.3 Å². The van der Waals surface area contributed by atoms with Crippen LogP contribution in [0.25, 0.3) is 0 Å². The summed E-state index contributed by atoms with van der Waals surface area (Å²) in [6, 6.07) is 3.01. The van der Waals surface area contributed by atoms with Crippen LogP contribution in [0.4, 0.5) is 0 Å². The molecule has 1 N–H and O–H groups in total. The molecular formula is C14H25N3O. The van der Waals surface area contributed by atoms with Crippen LogP contribution in [0.2, 0.25) is 0 Å². The summed E-state index contributed by atoms with van der Waals surface area (Å²) in [4.78, 5) is 2.29. The first-order valence-electron chi connectivity index (χ1n) is 7.10. The third kappa shape index (κ3) is 4.24. The lowest BCUT2D eigenvalue weighted by atomic mass is 9.99. The quantitative estimate of drug-likeness (QED) is 0.745. The maximum atomic E-state index is 9.30. The zero-order chi connectivity index (χ0) is 13.0. The van der Waals surface area contributed by atoms with Crippen LogP contribution in [-0.2, 0) is 4.74 Å². The molecule has 0 aromatic carbocycles. The molecule has 0 aromatic rings. The molecule has 2 fully saturated rings. The lowest BCUT2D eigenvalue weighted by molar-refractivity contribution is 0.0793. The number of ether oxygens (including phenoxy) is 1. The largest absolute Gasteiger partial charge is 0.377 e. The number of nitrogens with zero attached hydrogens (tertiary/aromatic N) is 2. The van der Waals surface area contributed by atoms with Gasteiger partial charge in [-0.1, -0.05) is 0 Å². The van der Waals surface area contributed by atoms with Crippen LogP contribution in [0.5, 0.6) is 0 Å². The minimum absolute atomic E-state index is 0.369. The SMILES string of the molecule is CN(CCC(C)(C#N)NC1CC1)CC1CCCO1. The van der Waals surface area contributed by atoms with Crippen LogP contribution in [0.15, 0.2) is 0 Å². The molecule has 0 spiro atoms. The maximum absolute atomic E-state index is 9.30. The topological polar surface area (TPSA) is 48.3 Å². The van der Waals surface area contributed by atoms with Gasteiger partial charge < -0.3 is 9.64 Å². The number of likely N-dealkylation sites (N-methyl/N-ethyl adjacent to an activating group) is 1. The molecule has 4 heteroatoms. The smallest absolute Gasteiger partial charge is 0.105 e. The molecule has 0 aromatic heterocycles. The second kappa shape index (κ2) is 6.01. The lowest BCUT2D eigenvalue weighted by Gasteiger charge is -2.27. The van der Waals surface area contributed by atoms with Crippen LogP contribution < -0.4 is 5.32 Å². The molecule has 1 aliphatic heterocycles. The second-order valence-electron chi connectivity index (χ2n) is 6.01. The molecule has 2 rings (SSSR count). The van der Waals surface area contributed by atoms with Gasteiger partial charge in [0.1, 0.15) is 5.54 Å². The van der Waals surface area contributed by atoms with Crippen LogP contribution >= 0.6 is 0 Å².